The van der Waals surface area contributed by atoms with E-state index < -0.39 is 0 Å². The van der Waals surface area contributed by atoms with Crippen LogP contribution in [0.2, 0.25) is 0 Å². The summed E-state index contributed by atoms with van der Waals surface area (Å²) in [6, 6.07) is 8.66. The summed E-state index contributed by atoms with van der Waals surface area (Å²) in [6.45, 7) is 10.5. The molecule has 0 fully saturated rings. The zero-order valence-corrected chi connectivity index (χ0v) is 8.80. The zero-order chi connectivity index (χ0) is 9.84. The van der Waals surface area contributed by atoms with E-state index in [9.17, 15) is 0 Å². The van der Waals surface area contributed by atoms with Gasteiger partial charge >= 0.3 is 0 Å². The summed E-state index contributed by atoms with van der Waals surface area (Å²) in [5, 5.41) is 0. The lowest BCUT2D eigenvalue weighted by atomic mass is 9.99. The average Bonchev–Trinajstić information content (AvgIpc) is 2.03. The van der Waals surface area contributed by atoms with E-state index in [0.717, 1.165) is 17.9 Å². The van der Waals surface area contributed by atoms with Crippen LogP contribution < -0.4 is 0 Å². The maximum Gasteiger partial charge on any atom is -0.0231 e. The van der Waals surface area contributed by atoms with E-state index in [2.05, 4.69) is 51.6 Å². The van der Waals surface area contributed by atoms with Crippen LogP contribution in [0, 0.1) is 5.92 Å². The van der Waals surface area contributed by atoms with E-state index in [1.807, 2.05) is 0 Å². The third kappa shape index (κ3) is 3.06. The van der Waals surface area contributed by atoms with Crippen LogP contribution in [0.5, 0.6) is 0 Å². The highest BCUT2D eigenvalue weighted by molar-refractivity contribution is 5.61. The second-order valence-corrected chi connectivity index (χ2v) is 4.08. The Kier molecular flexibility index (Phi) is 3.30. The van der Waals surface area contributed by atoms with Gasteiger partial charge in [0.15, 0.2) is 0 Å². The van der Waals surface area contributed by atoms with Crippen LogP contribution in [-0.4, -0.2) is 0 Å². The number of rotatable bonds is 3. The van der Waals surface area contributed by atoms with Crippen molar-refractivity contribution in [3.63, 3.8) is 0 Å². The van der Waals surface area contributed by atoms with Crippen molar-refractivity contribution in [3.8, 4) is 0 Å². The van der Waals surface area contributed by atoms with Crippen molar-refractivity contribution in [2.24, 2.45) is 5.92 Å². The van der Waals surface area contributed by atoms with Gasteiger partial charge in [-0.1, -0.05) is 50.3 Å². The van der Waals surface area contributed by atoms with E-state index in [-0.39, 0.29) is 0 Å². The van der Waals surface area contributed by atoms with Crippen molar-refractivity contribution in [3.05, 3.63) is 42.0 Å². The van der Waals surface area contributed by atoms with Crippen LogP contribution >= 0.6 is 0 Å². The fourth-order valence-corrected chi connectivity index (χ4v) is 1.44. The predicted molar refractivity (Wildman–Crippen MR) is 59.7 cm³/mol. The van der Waals surface area contributed by atoms with E-state index in [0.29, 0.717) is 0 Å². The molecular weight excluding hydrogens is 156 g/mol. The fraction of sp³-hybridized carbons (Fsp3) is 0.385. The maximum atomic E-state index is 3.95. The molecule has 1 aromatic carbocycles. The second kappa shape index (κ2) is 4.27. The van der Waals surface area contributed by atoms with E-state index in [4.69, 9.17) is 0 Å². The molecule has 0 aromatic heterocycles. The van der Waals surface area contributed by atoms with Gasteiger partial charge in [0, 0.05) is 0 Å². The van der Waals surface area contributed by atoms with Gasteiger partial charge in [-0.25, -0.2) is 0 Å². The molecule has 0 unspecified atom stereocenters. The highest BCUT2D eigenvalue weighted by Crippen LogP contribution is 2.15. The molecule has 0 aliphatic rings. The summed E-state index contributed by atoms with van der Waals surface area (Å²) < 4.78 is 0. The van der Waals surface area contributed by atoms with E-state index in [1.54, 1.807) is 0 Å². The molecule has 0 N–H and O–H groups in total. The molecule has 1 rings (SSSR count). The lowest BCUT2D eigenvalue weighted by molar-refractivity contribution is 0.647. The second-order valence-electron chi connectivity index (χ2n) is 4.08. The third-order valence-corrected chi connectivity index (χ3v) is 2.06. The van der Waals surface area contributed by atoms with Gasteiger partial charge in [0.2, 0.25) is 0 Å². The summed E-state index contributed by atoms with van der Waals surface area (Å²) >= 11 is 0. The molecule has 0 aliphatic carbocycles. The van der Waals surface area contributed by atoms with Crippen molar-refractivity contribution in [2.45, 2.75) is 27.2 Å². The first-order valence-electron chi connectivity index (χ1n) is 4.84. The molecule has 0 amide bonds. The predicted octanol–water partition coefficient (Wildman–Crippen LogP) is 3.92. The van der Waals surface area contributed by atoms with Crippen molar-refractivity contribution in [1.29, 1.82) is 0 Å². The normalized spacial score (nSPS) is 10.5. The highest BCUT2D eigenvalue weighted by atomic mass is 14.0. The maximum absolute atomic E-state index is 3.95. The number of allylic oxidation sites excluding steroid dienone is 1. The molecule has 0 radical (unpaired) electrons. The van der Waals surface area contributed by atoms with Crippen molar-refractivity contribution >= 4 is 5.57 Å². The Morgan fingerprint density at radius 1 is 1.38 bits per heavy atom. The Hall–Kier alpha value is -1.04. The molecule has 1 aromatic rings. The molecule has 0 aliphatic heterocycles. The standard InChI is InChI=1S/C13H18/c1-10(2)8-12-6-5-7-13(9-12)11(3)4/h5-7,9-10H,3,8H2,1-2,4H3. The largest absolute Gasteiger partial charge is 0.0955 e. The molecule has 13 heavy (non-hydrogen) atoms. The Bertz CT molecular complexity index is 295. The van der Waals surface area contributed by atoms with E-state index in [1.165, 1.54) is 11.1 Å². The first-order chi connectivity index (χ1) is 6.09. The smallest absolute Gasteiger partial charge is 0.0231 e. The molecule has 0 heterocycles. The highest BCUT2D eigenvalue weighted by Gasteiger charge is 1.99. The van der Waals surface area contributed by atoms with Gasteiger partial charge in [0.1, 0.15) is 0 Å². The summed E-state index contributed by atoms with van der Waals surface area (Å²) in [4.78, 5) is 0. The molecule has 0 atom stereocenters. The minimum absolute atomic E-state index is 0.723. The fourth-order valence-electron chi connectivity index (χ4n) is 1.44. The lowest BCUT2D eigenvalue weighted by Gasteiger charge is -2.06. The van der Waals surface area contributed by atoms with Gasteiger partial charge in [-0.15, -0.1) is 0 Å². The van der Waals surface area contributed by atoms with Gasteiger partial charge in [-0.3, -0.25) is 0 Å². The molecule has 0 saturated carbocycles. The SMILES string of the molecule is C=C(C)c1cccc(CC(C)C)c1. The van der Waals surface area contributed by atoms with Gasteiger partial charge in [0.05, 0.1) is 0 Å². The monoisotopic (exact) mass is 174 g/mol. The van der Waals surface area contributed by atoms with Gasteiger partial charge in [0.25, 0.3) is 0 Å². The average molecular weight is 174 g/mol. The Balaban J connectivity index is 2.85. The van der Waals surface area contributed by atoms with Crippen LogP contribution in [0.25, 0.3) is 5.57 Å². The Morgan fingerprint density at radius 2 is 2.08 bits per heavy atom. The third-order valence-electron chi connectivity index (χ3n) is 2.06. The summed E-state index contributed by atoms with van der Waals surface area (Å²) in [7, 11) is 0. The molecule has 0 heteroatoms. The lowest BCUT2D eigenvalue weighted by Crippen LogP contribution is -1.94. The molecule has 0 saturated heterocycles. The first kappa shape index (κ1) is 10.0. The quantitative estimate of drug-likeness (QED) is 0.651. The van der Waals surface area contributed by atoms with Crippen LogP contribution in [-0.2, 0) is 6.42 Å². The summed E-state index contributed by atoms with van der Waals surface area (Å²) in [5.41, 5.74) is 3.82. The van der Waals surface area contributed by atoms with Crippen LogP contribution in [0.4, 0.5) is 0 Å². The van der Waals surface area contributed by atoms with Crippen LogP contribution in [0.3, 0.4) is 0 Å². The summed E-state index contributed by atoms with van der Waals surface area (Å²) in [6.07, 6.45) is 1.15. The number of benzene rings is 1. The molecule has 70 valence electrons. The molecule has 0 nitrogen and oxygen atoms in total. The van der Waals surface area contributed by atoms with Crippen molar-refractivity contribution in [2.75, 3.05) is 0 Å². The minimum atomic E-state index is 0.723. The van der Waals surface area contributed by atoms with E-state index >= 15 is 0 Å². The Labute approximate surface area is 81.3 Å². The number of hydrogen-bond donors (Lipinski definition) is 0. The first-order valence-corrected chi connectivity index (χ1v) is 4.84. The van der Waals surface area contributed by atoms with Crippen molar-refractivity contribution < 1.29 is 0 Å². The minimum Gasteiger partial charge on any atom is -0.0955 e. The number of hydrogen-bond acceptors (Lipinski definition) is 0. The molecule has 0 spiro atoms. The summed E-state index contributed by atoms with van der Waals surface area (Å²) in [5.74, 6) is 0.723. The zero-order valence-electron chi connectivity index (χ0n) is 8.80. The van der Waals surface area contributed by atoms with Gasteiger partial charge < -0.3 is 0 Å². The van der Waals surface area contributed by atoms with Crippen molar-refractivity contribution in [1.82, 2.24) is 0 Å². The topological polar surface area (TPSA) is 0 Å². The van der Waals surface area contributed by atoms with Crippen LogP contribution in [0.15, 0.2) is 30.8 Å². The Morgan fingerprint density at radius 3 is 2.62 bits per heavy atom. The molecule has 0 bridgehead atoms. The van der Waals surface area contributed by atoms with Crippen LogP contribution in [0.1, 0.15) is 31.9 Å². The van der Waals surface area contributed by atoms with Gasteiger partial charge in [-0.05, 0) is 30.4 Å². The molecular formula is C13H18. The van der Waals surface area contributed by atoms with Gasteiger partial charge in [-0.2, -0.15) is 0 Å².